The molecule has 1 radical (unpaired) electrons. The number of rotatable bonds is 4. The van der Waals surface area contributed by atoms with Gasteiger partial charge in [-0.2, -0.15) is 0 Å². The van der Waals surface area contributed by atoms with Crippen LogP contribution < -0.4 is 5.32 Å². The monoisotopic (exact) mass is 114 g/mol. The van der Waals surface area contributed by atoms with Crippen molar-refractivity contribution in [1.82, 2.24) is 5.32 Å². The summed E-state index contributed by atoms with van der Waals surface area (Å²) >= 11 is 0. The molecule has 0 bridgehead atoms. The van der Waals surface area contributed by atoms with Crippen molar-refractivity contribution in [1.29, 1.82) is 0 Å². The first-order valence-electron chi connectivity index (χ1n) is 3.35. The van der Waals surface area contributed by atoms with Crippen molar-refractivity contribution in [3.05, 3.63) is 6.54 Å². The molecule has 0 saturated carbocycles. The van der Waals surface area contributed by atoms with Crippen molar-refractivity contribution in [2.45, 2.75) is 39.7 Å². The maximum Gasteiger partial charge on any atom is 0.0192 e. The van der Waals surface area contributed by atoms with E-state index in [2.05, 4.69) is 19.2 Å². The summed E-state index contributed by atoms with van der Waals surface area (Å²) in [7, 11) is 0. The van der Waals surface area contributed by atoms with Gasteiger partial charge in [0.15, 0.2) is 0 Å². The third-order valence-electron chi connectivity index (χ3n) is 1.17. The largest absolute Gasteiger partial charge is 0.310 e. The third kappa shape index (κ3) is 4.13. The Morgan fingerprint density at radius 2 is 2.25 bits per heavy atom. The lowest BCUT2D eigenvalue weighted by Gasteiger charge is -2.08. The molecule has 1 nitrogen and oxygen atoms in total. The van der Waals surface area contributed by atoms with Crippen LogP contribution in [0.25, 0.3) is 0 Å². The van der Waals surface area contributed by atoms with Crippen molar-refractivity contribution < 1.29 is 0 Å². The van der Waals surface area contributed by atoms with E-state index in [4.69, 9.17) is 0 Å². The van der Waals surface area contributed by atoms with E-state index in [1.807, 2.05) is 13.5 Å². The maximum absolute atomic E-state index is 3.22. The first-order valence-corrected chi connectivity index (χ1v) is 3.35. The van der Waals surface area contributed by atoms with Gasteiger partial charge in [0.2, 0.25) is 0 Å². The topological polar surface area (TPSA) is 12.0 Å². The van der Waals surface area contributed by atoms with Crippen LogP contribution in [0.4, 0.5) is 0 Å². The summed E-state index contributed by atoms with van der Waals surface area (Å²) in [5.41, 5.74) is 0. The molecule has 0 amide bonds. The van der Waals surface area contributed by atoms with Gasteiger partial charge in [-0.3, -0.25) is 0 Å². The highest BCUT2D eigenvalue weighted by Gasteiger charge is 1.94. The molecule has 0 spiro atoms. The van der Waals surface area contributed by atoms with Crippen LogP contribution in [0.3, 0.4) is 0 Å². The second-order valence-electron chi connectivity index (χ2n) is 2.15. The Kier molecular flexibility index (Phi) is 5.08. The van der Waals surface area contributed by atoms with Crippen molar-refractivity contribution in [2.75, 3.05) is 0 Å². The van der Waals surface area contributed by atoms with Gasteiger partial charge >= 0.3 is 0 Å². The molecule has 0 heterocycles. The molecule has 1 N–H and O–H groups in total. The molecule has 0 saturated heterocycles. The van der Waals surface area contributed by atoms with Crippen molar-refractivity contribution in [2.24, 2.45) is 0 Å². The van der Waals surface area contributed by atoms with E-state index in [1.54, 1.807) is 0 Å². The van der Waals surface area contributed by atoms with Crippen molar-refractivity contribution >= 4 is 0 Å². The van der Waals surface area contributed by atoms with E-state index < -0.39 is 0 Å². The Hall–Kier alpha value is -0.0400. The van der Waals surface area contributed by atoms with Crippen LogP contribution in [0.2, 0.25) is 0 Å². The maximum atomic E-state index is 3.22. The molecule has 1 unspecified atom stereocenters. The highest BCUT2D eigenvalue weighted by Crippen LogP contribution is 1.93. The van der Waals surface area contributed by atoms with Crippen molar-refractivity contribution in [3.8, 4) is 0 Å². The van der Waals surface area contributed by atoms with E-state index >= 15 is 0 Å². The Morgan fingerprint density at radius 1 is 1.62 bits per heavy atom. The molecule has 0 aliphatic heterocycles. The molecule has 0 aliphatic rings. The second-order valence-corrected chi connectivity index (χ2v) is 2.15. The van der Waals surface area contributed by atoms with Crippen LogP contribution in [0.5, 0.6) is 0 Å². The van der Waals surface area contributed by atoms with Gasteiger partial charge in [0.25, 0.3) is 0 Å². The molecule has 1 heteroatoms. The average Bonchev–Trinajstić information content (AvgIpc) is 1.68. The fourth-order valence-corrected chi connectivity index (χ4v) is 0.801. The smallest absolute Gasteiger partial charge is 0.0192 e. The summed E-state index contributed by atoms with van der Waals surface area (Å²) in [4.78, 5) is 0. The molecule has 0 aromatic carbocycles. The normalized spacial score (nSPS) is 13.9. The fourth-order valence-electron chi connectivity index (χ4n) is 0.801. The predicted molar refractivity (Wildman–Crippen MR) is 37.5 cm³/mol. The summed E-state index contributed by atoms with van der Waals surface area (Å²) in [6.07, 6.45) is 2.53. The van der Waals surface area contributed by atoms with Gasteiger partial charge in [-0.25, -0.2) is 0 Å². The van der Waals surface area contributed by atoms with Gasteiger partial charge < -0.3 is 5.32 Å². The third-order valence-corrected chi connectivity index (χ3v) is 1.17. The Morgan fingerprint density at radius 3 is 2.62 bits per heavy atom. The van der Waals surface area contributed by atoms with E-state index in [0.717, 1.165) is 0 Å². The lowest BCUT2D eigenvalue weighted by atomic mass is 10.2. The quantitative estimate of drug-likeness (QED) is 0.589. The summed E-state index contributed by atoms with van der Waals surface area (Å²) in [5, 5.41) is 3.22. The van der Waals surface area contributed by atoms with Crippen LogP contribution >= 0.6 is 0 Å². The van der Waals surface area contributed by atoms with E-state index in [9.17, 15) is 0 Å². The molecule has 0 rings (SSSR count). The number of hydrogen-bond donors (Lipinski definition) is 1. The standard InChI is InChI=1S/C7H16N/c1-4-6-7(3)8-5-2/h5,7-8H,4,6H2,1-3H3. The zero-order valence-corrected chi connectivity index (χ0v) is 6.07. The molecular formula is C7H16N. The zero-order chi connectivity index (χ0) is 6.41. The highest BCUT2D eigenvalue weighted by molar-refractivity contribution is 4.62. The summed E-state index contributed by atoms with van der Waals surface area (Å²) in [6, 6.07) is 0.657. The summed E-state index contributed by atoms with van der Waals surface area (Å²) in [5.74, 6) is 0. The lowest BCUT2D eigenvalue weighted by Crippen LogP contribution is -2.21. The van der Waals surface area contributed by atoms with Gasteiger partial charge in [0.05, 0.1) is 0 Å². The average molecular weight is 114 g/mol. The van der Waals surface area contributed by atoms with Gasteiger partial charge in [-0.1, -0.05) is 13.3 Å². The van der Waals surface area contributed by atoms with Crippen LogP contribution in [-0.4, -0.2) is 6.04 Å². The van der Waals surface area contributed by atoms with Crippen LogP contribution in [0.1, 0.15) is 33.6 Å². The number of nitrogens with one attached hydrogen (secondary N) is 1. The van der Waals surface area contributed by atoms with Gasteiger partial charge in [-0.15, -0.1) is 0 Å². The Balaban J connectivity index is 2.92. The van der Waals surface area contributed by atoms with Gasteiger partial charge in [0.1, 0.15) is 0 Å². The molecule has 0 aliphatic carbocycles. The Labute approximate surface area is 52.5 Å². The minimum absolute atomic E-state index is 0.657. The first-order chi connectivity index (χ1) is 3.81. The predicted octanol–water partition coefficient (Wildman–Crippen LogP) is 1.95. The molecular weight excluding hydrogens is 98.1 g/mol. The minimum Gasteiger partial charge on any atom is -0.310 e. The van der Waals surface area contributed by atoms with Crippen molar-refractivity contribution in [3.63, 3.8) is 0 Å². The first kappa shape index (κ1) is 7.96. The lowest BCUT2D eigenvalue weighted by molar-refractivity contribution is 0.556. The minimum atomic E-state index is 0.657. The summed E-state index contributed by atoms with van der Waals surface area (Å²) in [6.45, 7) is 8.42. The fraction of sp³-hybridized carbons (Fsp3) is 0.857. The highest BCUT2D eigenvalue weighted by atomic mass is 14.9. The number of hydrogen-bond acceptors (Lipinski definition) is 1. The zero-order valence-electron chi connectivity index (χ0n) is 6.07. The van der Waals surface area contributed by atoms with E-state index in [-0.39, 0.29) is 0 Å². The molecule has 49 valence electrons. The van der Waals surface area contributed by atoms with Crippen LogP contribution in [0.15, 0.2) is 0 Å². The SMILES string of the molecule is C[CH]NC(C)CCC. The summed E-state index contributed by atoms with van der Waals surface area (Å²) < 4.78 is 0. The molecule has 8 heavy (non-hydrogen) atoms. The van der Waals surface area contributed by atoms with Crippen LogP contribution in [0, 0.1) is 6.54 Å². The van der Waals surface area contributed by atoms with E-state index in [1.165, 1.54) is 12.8 Å². The molecule has 0 aromatic heterocycles. The Bertz CT molecular complexity index is 37.7. The molecule has 0 fully saturated rings. The second kappa shape index (κ2) is 5.10. The van der Waals surface area contributed by atoms with E-state index in [0.29, 0.717) is 6.04 Å². The van der Waals surface area contributed by atoms with Crippen LogP contribution in [-0.2, 0) is 0 Å². The van der Waals surface area contributed by atoms with Gasteiger partial charge in [-0.05, 0) is 20.3 Å². The molecule has 0 aromatic rings. The molecule has 1 atom stereocenters. The van der Waals surface area contributed by atoms with Gasteiger partial charge in [0, 0.05) is 12.6 Å².